The van der Waals surface area contributed by atoms with Crippen LogP contribution in [-0.4, -0.2) is 30.3 Å². The summed E-state index contributed by atoms with van der Waals surface area (Å²) in [6.07, 6.45) is 5.81. The van der Waals surface area contributed by atoms with Gasteiger partial charge >= 0.3 is 12.1 Å². The van der Waals surface area contributed by atoms with Gasteiger partial charge in [0.05, 0.1) is 13.2 Å². The third-order valence-corrected chi connectivity index (χ3v) is 9.70. The third kappa shape index (κ3) is 9.93. The van der Waals surface area contributed by atoms with E-state index in [0.29, 0.717) is 12.3 Å². The zero-order valence-electron chi connectivity index (χ0n) is 28.9. The quantitative estimate of drug-likeness (QED) is 0.108. The second kappa shape index (κ2) is 17.1. The number of ether oxygens (including phenoxy) is 3. The Balaban J connectivity index is 1.45. The van der Waals surface area contributed by atoms with Crippen LogP contribution in [0.25, 0.3) is 0 Å². The number of nitrogens with one attached hydrogen (secondary N) is 1. The van der Waals surface area contributed by atoms with Crippen molar-refractivity contribution in [3.05, 3.63) is 156 Å². The minimum Gasteiger partial charge on any atom is -0.460 e. The highest BCUT2D eigenvalue weighted by Gasteiger charge is 2.46. The van der Waals surface area contributed by atoms with E-state index in [-0.39, 0.29) is 37.3 Å². The monoisotopic (exact) mass is 659 g/mol. The van der Waals surface area contributed by atoms with Gasteiger partial charge in [0.2, 0.25) is 0 Å². The van der Waals surface area contributed by atoms with Crippen molar-refractivity contribution in [3.8, 4) is 0 Å². The molecule has 4 aromatic rings. The summed E-state index contributed by atoms with van der Waals surface area (Å²) in [5, 5.41) is 2.91. The van der Waals surface area contributed by atoms with Crippen molar-refractivity contribution >= 4 is 12.1 Å². The van der Waals surface area contributed by atoms with Crippen molar-refractivity contribution in [1.82, 2.24) is 5.32 Å². The highest BCUT2D eigenvalue weighted by molar-refractivity contribution is 5.88. The van der Waals surface area contributed by atoms with Crippen LogP contribution >= 0.6 is 0 Å². The summed E-state index contributed by atoms with van der Waals surface area (Å²) in [7, 11) is 0. The number of hydrogen-bond acceptors (Lipinski definition) is 5. The van der Waals surface area contributed by atoms with E-state index in [9.17, 15) is 9.59 Å². The Morgan fingerprint density at radius 3 is 1.92 bits per heavy atom. The SMILES string of the molecule is C[C@@H]1CC[C@@H](C(C)(C)c2ccccc2)[C@H](OC(=O)[C@@](/C=C/Cc2ccccc2)(COCc2ccccc2)NC(=O)OCc2ccccc2)C1. The molecule has 0 aromatic heterocycles. The van der Waals surface area contributed by atoms with Crippen LogP contribution in [0.4, 0.5) is 4.79 Å². The largest absolute Gasteiger partial charge is 0.460 e. The smallest absolute Gasteiger partial charge is 0.408 e. The van der Waals surface area contributed by atoms with Gasteiger partial charge in [-0.2, -0.15) is 0 Å². The molecule has 0 aliphatic heterocycles. The van der Waals surface area contributed by atoms with E-state index < -0.39 is 17.6 Å². The summed E-state index contributed by atoms with van der Waals surface area (Å²) in [5.41, 5.74) is 2.19. The van der Waals surface area contributed by atoms with Gasteiger partial charge in [-0.1, -0.05) is 155 Å². The van der Waals surface area contributed by atoms with Gasteiger partial charge in [-0.15, -0.1) is 0 Å². The predicted octanol–water partition coefficient (Wildman–Crippen LogP) is 8.99. The molecular formula is C43H49NO5. The Bertz CT molecular complexity index is 1620. The molecule has 0 saturated heterocycles. The molecule has 0 bridgehead atoms. The Labute approximate surface area is 291 Å². The number of amides is 1. The predicted molar refractivity (Wildman–Crippen MR) is 194 cm³/mol. The molecule has 4 atom stereocenters. The fraction of sp³-hybridized carbons (Fsp3) is 0.349. The standard InChI is InChI=1S/C43H49NO5/c1-33-26-27-38(42(2,3)37-24-14-7-15-25-37)39(29-33)49-40(45)43(28-16-23-34-17-8-4-9-18-34,32-47-30-35-19-10-5-11-20-35)44-41(46)48-31-36-21-12-6-13-22-36/h4-22,24-25,28,33,38-39H,23,26-27,29-32H2,1-3H3,(H,44,46)/b28-16+/t33-,38-,39-,43-/m1/s1. The van der Waals surface area contributed by atoms with Crippen LogP contribution in [0.1, 0.15) is 62.3 Å². The molecule has 5 rings (SSSR count). The number of rotatable bonds is 14. The Morgan fingerprint density at radius 1 is 0.755 bits per heavy atom. The van der Waals surface area contributed by atoms with E-state index in [2.05, 4.69) is 50.4 Å². The average molecular weight is 660 g/mol. The number of carbonyl (C=O) groups excluding carboxylic acids is 2. The van der Waals surface area contributed by atoms with E-state index in [1.807, 2.05) is 103 Å². The molecule has 1 saturated carbocycles. The van der Waals surface area contributed by atoms with Gasteiger partial charge in [0.15, 0.2) is 5.54 Å². The van der Waals surface area contributed by atoms with Gasteiger partial charge in [0.25, 0.3) is 0 Å². The zero-order valence-corrected chi connectivity index (χ0v) is 28.9. The van der Waals surface area contributed by atoms with Crippen LogP contribution in [-0.2, 0) is 44.1 Å². The molecule has 4 aromatic carbocycles. The lowest BCUT2D eigenvalue weighted by Crippen LogP contribution is -2.59. The van der Waals surface area contributed by atoms with Crippen LogP contribution < -0.4 is 5.32 Å². The van der Waals surface area contributed by atoms with Gasteiger partial charge < -0.3 is 14.2 Å². The second-order valence-electron chi connectivity index (χ2n) is 13.8. The summed E-state index contributed by atoms with van der Waals surface area (Å²) in [5.74, 6) is -0.0902. The van der Waals surface area contributed by atoms with E-state index in [1.165, 1.54) is 5.56 Å². The van der Waals surface area contributed by atoms with Crippen molar-refractivity contribution < 1.29 is 23.8 Å². The minimum absolute atomic E-state index is 0.0594. The van der Waals surface area contributed by atoms with Crippen LogP contribution in [0.5, 0.6) is 0 Å². The second-order valence-corrected chi connectivity index (χ2v) is 13.8. The number of benzene rings is 4. The van der Waals surface area contributed by atoms with E-state index >= 15 is 0 Å². The molecule has 0 unspecified atom stereocenters. The lowest BCUT2D eigenvalue weighted by Gasteiger charge is -2.45. The normalized spacial score (nSPS) is 19.1. The topological polar surface area (TPSA) is 73.9 Å². The first-order chi connectivity index (χ1) is 23.7. The van der Waals surface area contributed by atoms with Gasteiger partial charge in [-0.25, -0.2) is 9.59 Å². The summed E-state index contributed by atoms with van der Waals surface area (Å²) in [4.78, 5) is 28.2. The molecular weight excluding hydrogens is 610 g/mol. The molecule has 0 radical (unpaired) electrons. The number of hydrogen-bond donors (Lipinski definition) is 1. The number of allylic oxidation sites excluding steroid dienone is 1. The maximum atomic E-state index is 14.7. The van der Waals surface area contributed by atoms with Crippen molar-refractivity contribution in [3.63, 3.8) is 0 Å². The molecule has 0 spiro atoms. The lowest BCUT2D eigenvalue weighted by atomic mass is 9.64. The molecule has 1 aliphatic rings. The first-order valence-electron chi connectivity index (χ1n) is 17.3. The van der Waals surface area contributed by atoms with Crippen LogP contribution in [0, 0.1) is 11.8 Å². The van der Waals surface area contributed by atoms with Crippen molar-refractivity contribution in [2.45, 2.75) is 76.7 Å². The molecule has 6 heteroatoms. The van der Waals surface area contributed by atoms with Crippen molar-refractivity contribution in [1.29, 1.82) is 0 Å². The summed E-state index contributed by atoms with van der Waals surface area (Å²) < 4.78 is 18.5. The zero-order chi connectivity index (χ0) is 34.5. The van der Waals surface area contributed by atoms with E-state index in [0.717, 1.165) is 36.0 Å². The van der Waals surface area contributed by atoms with Gasteiger partial charge in [0, 0.05) is 5.92 Å². The van der Waals surface area contributed by atoms with Gasteiger partial charge in [0.1, 0.15) is 12.7 Å². The fourth-order valence-corrected chi connectivity index (χ4v) is 6.77. The van der Waals surface area contributed by atoms with E-state index in [4.69, 9.17) is 14.2 Å². The van der Waals surface area contributed by atoms with Crippen LogP contribution in [0.3, 0.4) is 0 Å². The maximum absolute atomic E-state index is 14.7. The maximum Gasteiger partial charge on any atom is 0.408 e. The highest BCUT2D eigenvalue weighted by atomic mass is 16.6. The first-order valence-corrected chi connectivity index (χ1v) is 17.3. The number of esters is 1. The highest BCUT2D eigenvalue weighted by Crippen LogP contribution is 2.44. The van der Waals surface area contributed by atoms with Gasteiger partial charge in [-0.3, -0.25) is 5.32 Å². The van der Waals surface area contributed by atoms with E-state index in [1.54, 1.807) is 6.08 Å². The first kappa shape index (κ1) is 35.6. The molecule has 49 heavy (non-hydrogen) atoms. The average Bonchev–Trinajstić information content (AvgIpc) is 3.12. The number of alkyl carbamates (subject to hydrolysis) is 1. The van der Waals surface area contributed by atoms with Crippen molar-refractivity contribution in [2.24, 2.45) is 11.8 Å². The molecule has 1 amide bonds. The number of carbonyl (C=O) groups is 2. The molecule has 1 fully saturated rings. The fourth-order valence-electron chi connectivity index (χ4n) is 6.77. The van der Waals surface area contributed by atoms with Crippen LogP contribution in [0.2, 0.25) is 0 Å². The summed E-state index contributed by atoms with van der Waals surface area (Å²) >= 11 is 0. The Kier molecular flexibility index (Phi) is 12.4. The van der Waals surface area contributed by atoms with Crippen LogP contribution in [0.15, 0.2) is 133 Å². The molecule has 0 heterocycles. The molecule has 6 nitrogen and oxygen atoms in total. The lowest BCUT2D eigenvalue weighted by molar-refractivity contribution is -0.165. The minimum atomic E-state index is -1.64. The summed E-state index contributed by atoms with van der Waals surface area (Å²) in [6.45, 7) is 6.86. The summed E-state index contributed by atoms with van der Waals surface area (Å²) in [6, 6.07) is 39.6. The van der Waals surface area contributed by atoms with Crippen molar-refractivity contribution in [2.75, 3.05) is 6.61 Å². The third-order valence-electron chi connectivity index (χ3n) is 9.70. The Hall–Kier alpha value is -4.68. The molecule has 1 aliphatic carbocycles. The van der Waals surface area contributed by atoms with Gasteiger partial charge in [-0.05, 0) is 58.9 Å². The molecule has 256 valence electrons. The Morgan fingerprint density at radius 2 is 1.31 bits per heavy atom. The molecule has 1 N–H and O–H groups in total.